The smallest absolute Gasteiger partial charge is 0.191 e. The average molecular weight is 380 g/mol. The topological polar surface area (TPSA) is 36.9 Å². The molecule has 28 heavy (non-hydrogen) atoms. The lowest BCUT2D eigenvalue weighted by Gasteiger charge is -2.24. The molecule has 0 unspecified atom stereocenters. The highest BCUT2D eigenvalue weighted by molar-refractivity contribution is 5.19. The summed E-state index contributed by atoms with van der Waals surface area (Å²) >= 11 is 0. The van der Waals surface area contributed by atoms with E-state index in [2.05, 4.69) is 37.3 Å². The Balaban J connectivity index is 1.34. The zero-order valence-corrected chi connectivity index (χ0v) is 16.4. The number of rotatable bonds is 8. The van der Waals surface area contributed by atoms with Gasteiger partial charge in [-0.05, 0) is 30.0 Å². The molecule has 4 rings (SSSR count). The van der Waals surface area contributed by atoms with Gasteiger partial charge in [-0.2, -0.15) is 0 Å². The van der Waals surface area contributed by atoms with Crippen molar-refractivity contribution >= 4 is 0 Å². The molecule has 4 heteroatoms. The summed E-state index contributed by atoms with van der Waals surface area (Å²) < 4.78 is 24.7. The van der Waals surface area contributed by atoms with E-state index in [4.69, 9.17) is 18.9 Å². The second-order valence-electron chi connectivity index (χ2n) is 7.49. The molecule has 0 saturated carbocycles. The van der Waals surface area contributed by atoms with Gasteiger partial charge in [-0.25, -0.2) is 0 Å². The van der Waals surface area contributed by atoms with E-state index < -0.39 is 5.79 Å². The Bertz CT molecular complexity index is 718. The van der Waals surface area contributed by atoms with E-state index in [1.165, 1.54) is 0 Å². The predicted octanol–water partition coefficient (Wildman–Crippen LogP) is 4.64. The highest BCUT2D eigenvalue weighted by Gasteiger charge is 2.50. The van der Waals surface area contributed by atoms with Crippen LogP contribution in [-0.2, 0) is 32.2 Å². The van der Waals surface area contributed by atoms with Crippen LogP contribution in [0.3, 0.4) is 0 Å². The zero-order valence-electron chi connectivity index (χ0n) is 16.4. The Morgan fingerprint density at radius 3 is 1.75 bits per heavy atom. The van der Waals surface area contributed by atoms with Crippen molar-refractivity contribution in [2.24, 2.45) is 0 Å². The molecule has 0 radical (unpaired) electrons. The molecule has 2 aromatic rings. The molecular weight excluding hydrogens is 352 g/mol. The van der Waals surface area contributed by atoms with Crippen LogP contribution in [0.5, 0.6) is 0 Å². The number of benzene rings is 2. The van der Waals surface area contributed by atoms with Gasteiger partial charge >= 0.3 is 0 Å². The van der Waals surface area contributed by atoms with Crippen molar-refractivity contribution in [3.63, 3.8) is 0 Å². The van der Waals surface area contributed by atoms with Crippen molar-refractivity contribution in [3.8, 4) is 0 Å². The lowest BCUT2D eigenvalue weighted by Crippen LogP contribution is -2.31. The molecular formula is C24H28O4. The first-order valence-electron chi connectivity index (χ1n) is 10.0. The molecule has 2 aliphatic rings. The summed E-state index contributed by atoms with van der Waals surface area (Å²) in [5, 5.41) is 0. The highest BCUT2D eigenvalue weighted by atomic mass is 16.8. The molecule has 1 aliphatic heterocycles. The maximum absolute atomic E-state index is 6.38. The van der Waals surface area contributed by atoms with Crippen LogP contribution in [0, 0.1) is 0 Å². The van der Waals surface area contributed by atoms with E-state index in [0.29, 0.717) is 26.4 Å². The molecule has 0 bridgehead atoms. The van der Waals surface area contributed by atoms with Crippen LogP contribution in [0.15, 0.2) is 72.3 Å². The molecule has 1 saturated heterocycles. The summed E-state index contributed by atoms with van der Waals surface area (Å²) in [4.78, 5) is 0. The minimum Gasteiger partial charge on any atom is -0.374 e. The lowest BCUT2D eigenvalue weighted by atomic mass is 10.1. The third-order valence-corrected chi connectivity index (χ3v) is 5.41. The van der Waals surface area contributed by atoms with Gasteiger partial charge in [0.15, 0.2) is 5.79 Å². The van der Waals surface area contributed by atoms with Crippen LogP contribution in [0.4, 0.5) is 0 Å². The Kier molecular flexibility index (Phi) is 6.23. The molecule has 1 heterocycles. The number of allylic oxidation sites excluding steroid dienone is 1. The van der Waals surface area contributed by atoms with Crippen molar-refractivity contribution in [3.05, 3.63) is 83.4 Å². The Labute approximate surface area is 167 Å². The Hall–Kier alpha value is -1.98. The third kappa shape index (κ3) is 4.53. The van der Waals surface area contributed by atoms with Gasteiger partial charge in [0.05, 0.1) is 26.4 Å². The minimum absolute atomic E-state index is 0.138. The summed E-state index contributed by atoms with van der Waals surface area (Å²) in [7, 11) is 0. The van der Waals surface area contributed by atoms with Crippen LogP contribution < -0.4 is 0 Å². The van der Waals surface area contributed by atoms with Gasteiger partial charge in [-0.1, -0.05) is 66.7 Å². The van der Waals surface area contributed by atoms with Crippen molar-refractivity contribution < 1.29 is 18.9 Å². The fourth-order valence-corrected chi connectivity index (χ4v) is 3.82. The summed E-state index contributed by atoms with van der Waals surface area (Å²) in [5.74, 6) is -0.596. The van der Waals surface area contributed by atoms with Crippen LogP contribution in [-0.4, -0.2) is 31.2 Å². The van der Waals surface area contributed by atoms with Crippen molar-refractivity contribution in [2.75, 3.05) is 13.2 Å². The molecule has 2 atom stereocenters. The van der Waals surface area contributed by atoms with Crippen molar-refractivity contribution in [2.45, 2.75) is 51.0 Å². The Morgan fingerprint density at radius 2 is 1.32 bits per heavy atom. The van der Waals surface area contributed by atoms with E-state index in [1.807, 2.05) is 36.4 Å². The van der Waals surface area contributed by atoms with Gasteiger partial charge in [-0.3, -0.25) is 0 Å². The molecule has 0 amide bonds. The van der Waals surface area contributed by atoms with Crippen molar-refractivity contribution in [1.29, 1.82) is 0 Å². The summed E-state index contributed by atoms with van der Waals surface area (Å²) in [6.07, 6.45) is 3.78. The summed E-state index contributed by atoms with van der Waals surface area (Å²) in [5.41, 5.74) is 3.47. The van der Waals surface area contributed by atoms with Gasteiger partial charge in [0.1, 0.15) is 12.2 Å². The molecule has 2 aromatic carbocycles. The minimum atomic E-state index is -0.596. The molecule has 0 N–H and O–H groups in total. The van der Waals surface area contributed by atoms with Crippen LogP contribution in [0.25, 0.3) is 0 Å². The summed E-state index contributed by atoms with van der Waals surface area (Å²) in [6.45, 7) is 4.20. The molecule has 1 fully saturated rings. The second-order valence-corrected chi connectivity index (χ2v) is 7.49. The van der Waals surface area contributed by atoms with Gasteiger partial charge in [0.25, 0.3) is 0 Å². The fourth-order valence-electron chi connectivity index (χ4n) is 3.82. The van der Waals surface area contributed by atoms with E-state index >= 15 is 0 Å². The van der Waals surface area contributed by atoms with Gasteiger partial charge < -0.3 is 18.9 Å². The number of hydrogen-bond acceptors (Lipinski definition) is 4. The van der Waals surface area contributed by atoms with Gasteiger partial charge in [-0.15, -0.1) is 0 Å². The van der Waals surface area contributed by atoms with E-state index in [9.17, 15) is 0 Å². The highest BCUT2D eigenvalue weighted by Crippen LogP contribution is 2.42. The standard InChI is InChI=1S/C24H28O4/c1-19-9-8-14-24(19)27-22(17-25-15-20-10-4-2-5-11-20)23(28-24)18-26-16-21-12-6-3-7-13-21/h2-7,9-13,22-23H,8,14-18H2,1H3/t22-,23-/m0/s1. The van der Waals surface area contributed by atoms with E-state index in [1.54, 1.807) is 0 Å². The normalized spacial score (nSPS) is 23.2. The van der Waals surface area contributed by atoms with Gasteiger partial charge in [0, 0.05) is 6.42 Å². The van der Waals surface area contributed by atoms with Crippen LogP contribution in [0.2, 0.25) is 0 Å². The van der Waals surface area contributed by atoms with E-state index in [0.717, 1.165) is 29.5 Å². The first-order chi connectivity index (χ1) is 13.8. The zero-order chi connectivity index (χ0) is 19.2. The molecule has 4 nitrogen and oxygen atoms in total. The molecule has 0 aromatic heterocycles. The second kappa shape index (κ2) is 9.01. The van der Waals surface area contributed by atoms with Crippen molar-refractivity contribution in [1.82, 2.24) is 0 Å². The van der Waals surface area contributed by atoms with Gasteiger partial charge in [0.2, 0.25) is 0 Å². The SMILES string of the molecule is CC1=CCCC12O[C@@H](COCc1ccccc1)[C@H](COCc1ccccc1)O2. The maximum Gasteiger partial charge on any atom is 0.191 e. The average Bonchev–Trinajstić information content (AvgIpc) is 3.26. The predicted molar refractivity (Wildman–Crippen MR) is 108 cm³/mol. The lowest BCUT2D eigenvalue weighted by molar-refractivity contribution is -0.152. The molecule has 1 spiro atoms. The first-order valence-corrected chi connectivity index (χ1v) is 10.0. The summed E-state index contributed by atoms with van der Waals surface area (Å²) in [6, 6.07) is 20.4. The molecule has 1 aliphatic carbocycles. The molecule has 148 valence electrons. The third-order valence-electron chi connectivity index (χ3n) is 5.41. The Morgan fingerprint density at radius 1 is 0.821 bits per heavy atom. The van der Waals surface area contributed by atoms with E-state index in [-0.39, 0.29) is 12.2 Å². The number of hydrogen-bond donors (Lipinski definition) is 0. The number of ether oxygens (including phenoxy) is 4. The monoisotopic (exact) mass is 380 g/mol. The van der Waals surface area contributed by atoms with Crippen LogP contribution >= 0.6 is 0 Å². The largest absolute Gasteiger partial charge is 0.374 e. The first kappa shape index (κ1) is 19.3. The maximum atomic E-state index is 6.38. The quantitative estimate of drug-likeness (QED) is 0.625. The fraction of sp³-hybridized carbons (Fsp3) is 0.417. The van der Waals surface area contributed by atoms with Crippen LogP contribution in [0.1, 0.15) is 30.9 Å².